The molecule has 0 atom stereocenters. The smallest absolute Gasteiger partial charge is 0.251 e. The lowest BCUT2D eigenvalue weighted by molar-refractivity contribution is 0.0953. The third kappa shape index (κ3) is 9.24. The average molecular weight is 424 g/mol. The highest BCUT2D eigenvalue weighted by atomic mass is 16.1. The van der Waals surface area contributed by atoms with Gasteiger partial charge < -0.3 is 15.5 Å². The van der Waals surface area contributed by atoms with Gasteiger partial charge in [-0.2, -0.15) is 0 Å². The van der Waals surface area contributed by atoms with E-state index >= 15 is 0 Å². The van der Waals surface area contributed by atoms with Gasteiger partial charge in [-0.15, -0.1) is 0 Å². The lowest BCUT2D eigenvalue weighted by Crippen LogP contribution is -2.27. The minimum absolute atomic E-state index is 0.0193. The van der Waals surface area contributed by atoms with Crippen LogP contribution in [-0.2, 0) is 13.1 Å². The summed E-state index contributed by atoms with van der Waals surface area (Å²) in [4.78, 5) is 14.9. The van der Waals surface area contributed by atoms with E-state index in [1.807, 2.05) is 12.1 Å². The van der Waals surface area contributed by atoms with Gasteiger partial charge in [0, 0.05) is 25.2 Å². The second-order valence-electron chi connectivity index (χ2n) is 8.98. The molecule has 2 N–H and O–H groups in total. The summed E-state index contributed by atoms with van der Waals surface area (Å²) < 4.78 is 0. The average Bonchev–Trinajstić information content (AvgIpc) is 2.74. The van der Waals surface area contributed by atoms with Crippen LogP contribution in [-0.4, -0.2) is 37.5 Å². The molecule has 0 aliphatic carbocycles. The fourth-order valence-corrected chi connectivity index (χ4v) is 3.72. The molecule has 0 radical (unpaired) electrons. The van der Waals surface area contributed by atoms with Crippen molar-refractivity contribution in [2.75, 3.05) is 26.7 Å². The van der Waals surface area contributed by atoms with Gasteiger partial charge in [-0.05, 0) is 74.6 Å². The standard InChI is InChI=1S/C27H41N3O/c1-6-7-14-30(5)20-24-15-22(4)16-26(18-24)27(31)29-13-9-12-28-19-23-10-8-11-25(17-23)21(2)3/h8,10-11,15-18,21,28H,6-7,9,12-14,19-20H2,1-5H3,(H,29,31). The fraction of sp³-hybridized carbons (Fsp3) is 0.519. The van der Waals surface area contributed by atoms with E-state index in [4.69, 9.17) is 0 Å². The fourth-order valence-electron chi connectivity index (χ4n) is 3.72. The summed E-state index contributed by atoms with van der Waals surface area (Å²) in [5, 5.41) is 6.55. The van der Waals surface area contributed by atoms with E-state index in [1.54, 1.807) is 0 Å². The van der Waals surface area contributed by atoms with Gasteiger partial charge in [0.05, 0.1) is 0 Å². The van der Waals surface area contributed by atoms with Gasteiger partial charge in [0.25, 0.3) is 5.91 Å². The first kappa shape index (κ1) is 25.1. The van der Waals surface area contributed by atoms with Gasteiger partial charge in [0.1, 0.15) is 0 Å². The monoisotopic (exact) mass is 423 g/mol. The van der Waals surface area contributed by atoms with E-state index in [0.717, 1.165) is 43.7 Å². The summed E-state index contributed by atoms with van der Waals surface area (Å²) in [7, 11) is 2.14. The highest BCUT2D eigenvalue weighted by Crippen LogP contribution is 2.15. The number of rotatable bonds is 13. The summed E-state index contributed by atoms with van der Waals surface area (Å²) in [6, 6.07) is 14.9. The molecule has 170 valence electrons. The number of nitrogens with one attached hydrogen (secondary N) is 2. The van der Waals surface area contributed by atoms with Gasteiger partial charge in [-0.1, -0.05) is 63.1 Å². The predicted octanol–water partition coefficient (Wildman–Crippen LogP) is 5.26. The zero-order valence-electron chi connectivity index (χ0n) is 20.1. The van der Waals surface area contributed by atoms with Crippen molar-refractivity contribution in [3.63, 3.8) is 0 Å². The Morgan fingerprint density at radius 3 is 2.58 bits per heavy atom. The van der Waals surface area contributed by atoms with E-state index in [2.05, 4.69) is 80.6 Å². The number of nitrogens with zero attached hydrogens (tertiary/aromatic N) is 1. The Kier molecular flexibility index (Phi) is 10.8. The Labute approximate surface area is 189 Å². The zero-order chi connectivity index (χ0) is 22.6. The minimum atomic E-state index is 0.0193. The third-order valence-electron chi connectivity index (χ3n) is 5.51. The molecule has 0 saturated heterocycles. The van der Waals surface area contributed by atoms with Gasteiger partial charge in [-0.3, -0.25) is 4.79 Å². The van der Waals surface area contributed by atoms with Crippen LogP contribution in [0.25, 0.3) is 0 Å². The molecule has 2 rings (SSSR count). The molecule has 0 aromatic heterocycles. The topological polar surface area (TPSA) is 44.4 Å². The highest BCUT2D eigenvalue weighted by molar-refractivity contribution is 5.94. The molecule has 1 amide bonds. The second kappa shape index (κ2) is 13.3. The van der Waals surface area contributed by atoms with Crippen LogP contribution in [0, 0.1) is 6.92 Å². The van der Waals surface area contributed by atoms with Crippen LogP contribution in [0.15, 0.2) is 42.5 Å². The Morgan fingerprint density at radius 1 is 1.03 bits per heavy atom. The number of carbonyl (C=O) groups excluding carboxylic acids is 1. The van der Waals surface area contributed by atoms with Crippen LogP contribution in [0.2, 0.25) is 0 Å². The molecule has 0 fully saturated rings. The molecule has 0 bridgehead atoms. The highest BCUT2D eigenvalue weighted by Gasteiger charge is 2.09. The summed E-state index contributed by atoms with van der Waals surface area (Å²) in [6.07, 6.45) is 3.31. The van der Waals surface area contributed by atoms with Gasteiger partial charge in [-0.25, -0.2) is 0 Å². The Hall–Kier alpha value is -2.17. The molecular formula is C27H41N3O. The van der Waals surface area contributed by atoms with Gasteiger partial charge in [0.2, 0.25) is 0 Å². The van der Waals surface area contributed by atoms with Crippen molar-refractivity contribution in [1.82, 2.24) is 15.5 Å². The van der Waals surface area contributed by atoms with Crippen molar-refractivity contribution in [2.45, 2.75) is 66.0 Å². The van der Waals surface area contributed by atoms with Crippen molar-refractivity contribution in [1.29, 1.82) is 0 Å². The first-order valence-electron chi connectivity index (χ1n) is 11.8. The normalized spacial score (nSPS) is 11.3. The second-order valence-corrected chi connectivity index (χ2v) is 8.98. The van der Waals surface area contributed by atoms with Gasteiger partial charge in [0.15, 0.2) is 0 Å². The molecule has 0 saturated carbocycles. The third-order valence-corrected chi connectivity index (χ3v) is 5.51. The number of benzene rings is 2. The zero-order valence-corrected chi connectivity index (χ0v) is 20.1. The molecule has 0 unspecified atom stereocenters. The van der Waals surface area contributed by atoms with E-state index < -0.39 is 0 Å². The van der Waals surface area contributed by atoms with E-state index in [0.29, 0.717) is 12.5 Å². The number of hydrogen-bond acceptors (Lipinski definition) is 3. The maximum Gasteiger partial charge on any atom is 0.251 e. The summed E-state index contributed by atoms with van der Waals surface area (Å²) in [5.41, 5.74) is 5.79. The lowest BCUT2D eigenvalue weighted by Gasteiger charge is -2.17. The molecule has 4 heteroatoms. The number of hydrogen-bond donors (Lipinski definition) is 2. The van der Waals surface area contributed by atoms with E-state index in [-0.39, 0.29) is 5.91 Å². The van der Waals surface area contributed by atoms with Crippen LogP contribution in [0.4, 0.5) is 0 Å². The predicted molar refractivity (Wildman–Crippen MR) is 132 cm³/mol. The van der Waals surface area contributed by atoms with Crippen molar-refractivity contribution < 1.29 is 4.79 Å². The van der Waals surface area contributed by atoms with Crippen molar-refractivity contribution >= 4 is 5.91 Å². The molecule has 2 aromatic carbocycles. The van der Waals surface area contributed by atoms with Crippen molar-refractivity contribution in [2.24, 2.45) is 0 Å². The lowest BCUT2D eigenvalue weighted by atomic mass is 10.0. The quantitative estimate of drug-likeness (QED) is 0.432. The van der Waals surface area contributed by atoms with Crippen LogP contribution in [0.3, 0.4) is 0 Å². The van der Waals surface area contributed by atoms with Crippen molar-refractivity contribution in [3.05, 3.63) is 70.3 Å². The van der Waals surface area contributed by atoms with Crippen LogP contribution >= 0.6 is 0 Å². The van der Waals surface area contributed by atoms with Crippen LogP contribution < -0.4 is 10.6 Å². The first-order chi connectivity index (χ1) is 14.9. The Bertz CT molecular complexity index is 816. The maximum absolute atomic E-state index is 12.6. The molecule has 0 aliphatic heterocycles. The maximum atomic E-state index is 12.6. The number of carbonyl (C=O) groups is 1. The molecular weight excluding hydrogens is 382 g/mol. The molecule has 31 heavy (non-hydrogen) atoms. The summed E-state index contributed by atoms with van der Waals surface area (Å²) in [5.74, 6) is 0.569. The molecule has 0 aliphatic rings. The molecule has 2 aromatic rings. The summed E-state index contributed by atoms with van der Waals surface area (Å²) >= 11 is 0. The molecule has 4 nitrogen and oxygen atoms in total. The van der Waals surface area contributed by atoms with Crippen LogP contribution in [0.5, 0.6) is 0 Å². The van der Waals surface area contributed by atoms with Gasteiger partial charge >= 0.3 is 0 Å². The number of amides is 1. The largest absolute Gasteiger partial charge is 0.352 e. The number of unbranched alkanes of at least 4 members (excludes halogenated alkanes) is 1. The molecule has 0 spiro atoms. The van der Waals surface area contributed by atoms with E-state index in [9.17, 15) is 4.79 Å². The van der Waals surface area contributed by atoms with E-state index in [1.165, 1.54) is 29.5 Å². The minimum Gasteiger partial charge on any atom is -0.352 e. The van der Waals surface area contributed by atoms with Crippen LogP contribution in [0.1, 0.15) is 78.6 Å². The SMILES string of the molecule is CCCCN(C)Cc1cc(C)cc(C(=O)NCCCNCc2cccc(C(C)C)c2)c1. The Balaban J connectivity index is 1.74. The molecule has 0 heterocycles. The first-order valence-corrected chi connectivity index (χ1v) is 11.8. The summed E-state index contributed by atoms with van der Waals surface area (Å²) in [6.45, 7) is 13.1. The van der Waals surface area contributed by atoms with Crippen molar-refractivity contribution in [3.8, 4) is 0 Å². The number of aryl methyl sites for hydroxylation is 1. The Morgan fingerprint density at radius 2 is 1.84 bits per heavy atom.